The fourth-order valence-corrected chi connectivity index (χ4v) is 2.26. The van der Waals surface area contributed by atoms with Crippen LogP contribution in [0.25, 0.3) is 0 Å². The summed E-state index contributed by atoms with van der Waals surface area (Å²) in [5, 5.41) is 0.808. The van der Waals surface area contributed by atoms with Gasteiger partial charge < -0.3 is 20.1 Å². The van der Waals surface area contributed by atoms with E-state index in [9.17, 15) is 4.79 Å². The second kappa shape index (κ2) is 5.07. The molecule has 0 amide bonds. The number of carbonyl (C=O) groups is 1. The third kappa shape index (κ3) is 2.21. The highest BCUT2D eigenvalue weighted by atomic mass is 32.1. The number of hydrogen-bond donors (Lipinski definition) is 1. The van der Waals surface area contributed by atoms with E-state index in [-0.39, 0.29) is 0 Å². The number of esters is 1. The Morgan fingerprint density at radius 2 is 2.12 bits per heavy atom. The number of thiophene rings is 1. The van der Waals surface area contributed by atoms with Crippen molar-refractivity contribution in [3.8, 4) is 5.75 Å². The standard InChI is InChI=1S/C10H16N2O3S/c1-5-15-10(13)8-6(11)7(14-4)9(16-8)12(2)3/h5,11H2,1-4H3. The maximum absolute atomic E-state index is 11.6. The van der Waals surface area contributed by atoms with E-state index in [1.165, 1.54) is 18.4 Å². The molecule has 16 heavy (non-hydrogen) atoms. The van der Waals surface area contributed by atoms with Crippen molar-refractivity contribution in [1.29, 1.82) is 0 Å². The second-order valence-corrected chi connectivity index (χ2v) is 4.30. The van der Waals surface area contributed by atoms with Crippen LogP contribution in [0, 0.1) is 0 Å². The van der Waals surface area contributed by atoms with E-state index >= 15 is 0 Å². The summed E-state index contributed by atoms with van der Waals surface area (Å²) >= 11 is 1.27. The zero-order valence-corrected chi connectivity index (χ0v) is 10.7. The van der Waals surface area contributed by atoms with E-state index in [1.807, 2.05) is 19.0 Å². The fraction of sp³-hybridized carbons (Fsp3) is 0.500. The molecule has 0 aliphatic heterocycles. The third-order valence-corrected chi connectivity index (χ3v) is 3.29. The van der Waals surface area contributed by atoms with E-state index in [1.54, 1.807) is 6.92 Å². The summed E-state index contributed by atoms with van der Waals surface area (Å²) in [6.07, 6.45) is 0. The molecule has 0 fully saturated rings. The lowest BCUT2D eigenvalue weighted by Gasteiger charge is -2.11. The van der Waals surface area contributed by atoms with Gasteiger partial charge in [0.1, 0.15) is 15.6 Å². The predicted octanol–water partition coefficient (Wildman–Crippen LogP) is 1.58. The van der Waals surface area contributed by atoms with Gasteiger partial charge in [-0.1, -0.05) is 0 Å². The van der Waals surface area contributed by atoms with Crippen molar-refractivity contribution in [2.45, 2.75) is 6.92 Å². The Balaban J connectivity index is 3.17. The summed E-state index contributed by atoms with van der Waals surface area (Å²) in [5.74, 6) is 0.120. The van der Waals surface area contributed by atoms with Crippen LogP contribution in [0.2, 0.25) is 0 Å². The summed E-state index contributed by atoms with van der Waals surface area (Å²) in [6, 6.07) is 0. The van der Waals surface area contributed by atoms with Gasteiger partial charge in [-0.3, -0.25) is 0 Å². The molecule has 2 N–H and O–H groups in total. The van der Waals surface area contributed by atoms with Gasteiger partial charge in [0.05, 0.1) is 13.7 Å². The maximum Gasteiger partial charge on any atom is 0.350 e. The number of nitrogen functional groups attached to an aromatic ring is 1. The van der Waals surface area contributed by atoms with Gasteiger partial charge in [0.25, 0.3) is 0 Å². The minimum Gasteiger partial charge on any atom is -0.492 e. The number of carbonyl (C=O) groups excluding carboxylic acids is 1. The van der Waals surface area contributed by atoms with Gasteiger partial charge in [-0.05, 0) is 6.92 Å². The largest absolute Gasteiger partial charge is 0.492 e. The fourth-order valence-electron chi connectivity index (χ4n) is 1.26. The lowest BCUT2D eigenvalue weighted by molar-refractivity contribution is 0.0533. The molecule has 0 aliphatic carbocycles. The van der Waals surface area contributed by atoms with Crippen LogP contribution in [-0.4, -0.2) is 33.8 Å². The van der Waals surface area contributed by atoms with E-state index in [4.69, 9.17) is 15.2 Å². The molecule has 1 aromatic rings. The Kier molecular flexibility index (Phi) is 4.00. The van der Waals surface area contributed by atoms with Crippen LogP contribution < -0.4 is 15.4 Å². The molecule has 1 heterocycles. The van der Waals surface area contributed by atoms with Gasteiger partial charge in [-0.2, -0.15) is 0 Å². The highest BCUT2D eigenvalue weighted by molar-refractivity contribution is 7.19. The van der Waals surface area contributed by atoms with Crippen LogP contribution in [0.1, 0.15) is 16.6 Å². The molecule has 6 heteroatoms. The Labute approximate surface area is 98.7 Å². The van der Waals surface area contributed by atoms with Crippen molar-refractivity contribution in [2.75, 3.05) is 38.4 Å². The lowest BCUT2D eigenvalue weighted by Crippen LogP contribution is -2.07. The average Bonchev–Trinajstić information content (AvgIpc) is 2.55. The molecular formula is C10H16N2O3S. The Bertz CT molecular complexity index is 388. The van der Waals surface area contributed by atoms with Crippen molar-refractivity contribution in [3.63, 3.8) is 0 Å². The first-order valence-corrected chi connectivity index (χ1v) is 5.65. The number of anilines is 2. The molecule has 0 saturated heterocycles. The second-order valence-electron chi connectivity index (χ2n) is 3.30. The molecule has 0 radical (unpaired) electrons. The number of hydrogen-bond acceptors (Lipinski definition) is 6. The summed E-state index contributed by atoms with van der Waals surface area (Å²) in [7, 11) is 5.26. The molecule has 1 rings (SSSR count). The minimum absolute atomic E-state index is 0.329. The number of nitrogens with zero attached hydrogens (tertiary/aromatic N) is 1. The molecule has 0 aliphatic rings. The zero-order chi connectivity index (χ0) is 12.3. The first kappa shape index (κ1) is 12.6. The van der Waals surface area contributed by atoms with Crippen molar-refractivity contribution in [1.82, 2.24) is 0 Å². The molecule has 5 nitrogen and oxygen atoms in total. The van der Waals surface area contributed by atoms with Crippen LogP contribution in [0.15, 0.2) is 0 Å². The summed E-state index contributed by atoms with van der Waals surface area (Å²) in [5.41, 5.74) is 6.18. The summed E-state index contributed by atoms with van der Waals surface area (Å²) in [6.45, 7) is 2.08. The van der Waals surface area contributed by atoms with Crippen molar-refractivity contribution < 1.29 is 14.3 Å². The van der Waals surface area contributed by atoms with Gasteiger partial charge in [0, 0.05) is 14.1 Å². The normalized spacial score (nSPS) is 10.0. The smallest absolute Gasteiger partial charge is 0.350 e. The molecule has 0 bridgehead atoms. The number of ether oxygens (including phenoxy) is 2. The van der Waals surface area contributed by atoms with Gasteiger partial charge in [-0.25, -0.2) is 4.79 Å². The third-order valence-electron chi connectivity index (χ3n) is 1.95. The van der Waals surface area contributed by atoms with Crippen molar-refractivity contribution in [3.05, 3.63) is 4.88 Å². The molecule has 1 aromatic heterocycles. The van der Waals surface area contributed by atoms with Gasteiger partial charge in [-0.15, -0.1) is 11.3 Å². The van der Waals surface area contributed by atoms with Gasteiger partial charge >= 0.3 is 5.97 Å². The molecule has 0 atom stereocenters. The molecule has 0 saturated carbocycles. The van der Waals surface area contributed by atoms with Crippen molar-refractivity contribution >= 4 is 28.0 Å². The predicted molar refractivity (Wildman–Crippen MR) is 65.6 cm³/mol. The maximum atomic E-state index is 11.6. The number of methoxy groups -OCH3 is 1. The molecule has 0 spiro atoms. The molecule has 0 aromatic carbocycles. The van der Waals surface area contributed by atoms with E-state index in [0.29, 0.717) is 22.9 Å². The average molecular weight is 244 g/mol. The summed E-state index contributed by atoms with van der Waals surface area (Å²) in [4.78, 5) is 13.8. The van der Waals surface area contributed by atoms with Gasteiger partial charge in [0.15, 0.2) is 5.75 Å². The van der Waals surface area contributed by atoms with Crippen molar-refractivity contribution in [2.24, 2.45) is 0 Å². The van der Waals surface area contributed by atoms with E-state index < -0.39 is 5.97 Å². The topological polar surface area (TPSA) is 64.8 Å². The Morgan fingerprint density at radius 1 is 1.50 bits per heavy atom. The number of nitrogens with two attached hydrogens (primary N) is 1. The quantitative estimate of drug-likeness (QED) is 0.815. The lowest BCUT2D eigenvalue weighted by atomic mass is 10.3. The first-order valence-electron chi connectivity index (χ1n) is 4.83. The van der Waals surface area contributed by atoms with Crippen LogP contribution in [-0.2, 0) is 4.74 Å². The highest BCUT2D eigenvalue weighted by Gasteiger charge is 2.23. The van der Waals surface area contributed by atoms with E-state index in [2.05, 4.69) is 0 Å². The minimum atomic E-state index is -0.406. The van der Waals surface area contributed by atoms with Gasteiger partial charge in [0.2, 0.25) is 0 Å². The first-order chi connectivity index (χ1) is 7.52. The SMILES string of the molecule is CCOC(=O)c1sc(N(C)C)c(OC)c1N. The monoisotopic (exact) mass is 244 g/mol. The highest BCUT2D eigenvalue weighted by Crippen LogP contribution is 2.44. The molecule has 0 unspecified atom stereocenters. The zero-order valence-electron chi connectivity index (χ0n) is 9.86. The summed E-state index contributed by atoms with van der Waals surface area (Å²) < 4.78 is 10.1. The van der Waals surface area contributed by atoms with Crippen LogP contribution in [0.3, 0.4) is 0 Å². The van der Waals surface area contributed by atoms with Crippen LogP contribution in [0.4, 0.5) is 10.7 Å². The Hall–Kier alpha value is -1.43. The Morgan fingerprint density at radius 3 is 2.50 bits per heavy atom. The molecule has 90 valence electrons. The molecular weight excluding hydrogens is 228 g/mol. The van der Waals surface area contributed by atoms with E-state index in [0.717, 1.165) is 5.00 Å². The number of rotatable bonds is 4. The van der Waals surface area contributed by atoms with Crippen LogP contribution in [0.5, 0.6) is 5.75 Å². The van der Waals surface area contributed by atoms with Crippen LogP contribution >= 0.6 is 11.3 Å².